The maximum atomic E-state index is 6.83. The van der Waals surface area contributed by atoms with Gasteiger partial charge in [0, 0.05) is 22.2 Å². The number of rotatable bonds is 6. The van der Waals surface area contributed by atoms with Crippen LogP contribution in [0.4, 0.5) is 0 Å². The number of ether oxygens (including phenoxy) is 3. The van der Waals surface area contributed by atoms with Crippen molar-refractivity contribution in [3.63, 3.8) is 0 Å². The van der Waals surface area contributed by atoms with Crippen LogP contribution < -0.4 is 14.2 Å². The number of hydrogen-bond acceptors (Lipinski definition) is 5. The van der Waals surface area contributed by atoms with Crippen molar-refractivity contribution in [3.05, 3.63) is 133 Å². The lowest BCUT2D eigenvalue weighted by molar-refractivity contribution is 0.415. The lowest BCUT2D eigenvalue weighted by Crippen LogP contribution is -1.87. The Kier molecular flexibility index (Phi) is 7.62. The van der Waals surface area contributed by atoms with Crippen molar-refractivity contribution in [3.8, 4) is 50.6 Å². The van der Waals surface area contributed by atoms with E-state index in [1.807, 2.05) is 60.7 Å². The van der Waals surface area contributed by atoms with E-state index in [4.69, 9.17) is 23.6 Å². The summed E-state index contributed by atoms with van der Waals surface area (Å²) in [4.78, 5) is 16.2. The fourth-order valence-corrected chi connectivity index (χ4v) is 6.92. The van der Waals surface area contributed by atoms with Gasteiger partial charge in [0.25, 0.3) is 0 Å². The average molecular weight is 683 g/mol. The Labute approximate surface area is 299 Å². The summed E-state index contributed by atoms with van der Waals surface area (Å²) in [5.41, 5.74) is 14.4. The average Bonchev–Trinajstić information content (AvgIpc) is 4.04. The predicted molar refractivity (Wildman–Crippen MR) is 210 cm³/mol. The number of methoxy groups -OCH3 is 3. The number of nitrogens with zero attached hydrogens (tertiary/aromatic N) is 1. The molecule has 0 radical (unpaired) electrons. The molecule has 0 saturated heterocycles. The third kappa shape index (κ3) is 5.47. The van der Waals surface area contributed by atoms with E-state index in [1.54, 1.807) is 21.3 Å². The van der Waals surface area contributed by atoms with E-state index in [0.29, 0.717) is 5.58 Å². The number of fused-ring (bicyclic) bond motifs is 12. The molecule has 6 heterocycles. The molecule has 0 amide bonds. The molecular formula is C44H34N4O4. The summed E-state index contributed by atoms with van der Waals surface area (Å²) in [6.45, 7) is 0. The fourth-order valence-electron chi connectivity index (χ4n) is 6.92. The molecule has 0 aliphatic carbocycles. The van der Waals surface area contributed by atoms with Crippen LogP contribution in [0.15, 0.2) is 126 Å². The van der Waals surface area contributed by atoms with Gasteiger partial charge in [-0.2, -0.15) is 0 Å². The van der Waals surface area contributed by atoms with Gasteiger partial charge in [-0.3, -0.25) is 0 Å². The van der Waals surface area contributed by atoms with Crippen LogP contribution in [-0.4, -0.2) is 41.3 Å². The second-order valence-corrected chi connectivity index (χ2v) is 12.5. The molecule has 8 aromatic rings. The van der Waals surface area contributed by atoms with Crippen molar-refractivity contribution < 1.29 is 18.6 Å². The summed E-state index contributed by atoms with van der Waals surface area (Å²) in [6.07, 6.45) is 4.12. The third-order valence-corrected chi connectivity index (χ3v) is 9.56. The van der Waals surface area contributed by atoms with Gasteiger partial charge >= 0.3 is 0 Å². The molecule has 0 saturated carbocycles. The SMILES string of the molecule is COc1ccc(-c2c3nc(c4ccc([nH]4)c(-c4ccc(OC)cc4)c4ccc(o4)c(-c4ccc(OC)cc4)c4ccc([nH]4)c4ccc2[nH]4)C=C3)cc1. The number of H-pyrrole nitrogens is 3. The van der Waals surface area contributed by atoms with E-state index in [-0.39, 0.29) is 0 Å². The molecule has 10 bridgehead atoms. The second-order valence-electron chi connectivity index (χ2n) is 12.5. The van der Waals surface area contributed by atoms with Crippen LogP contribution in [0, 0.1) is 0 Å². The van der Waals surface area contributed by atoms with Gasteiger partial charge in [-0.25, -0.2) is 4.98 Å². The van der Waals surface area contributed by atoms with Gasteiger partial charge in [-0.15, -0.1) is 0 Å². The molecule has 8 heteroatoms. The molecule has 0 spiro atoms. The van der Waals surface area contributed by atoms with Gasteiger partial charge < -0.3 is 33.6 Å². The van der Waals surface area contributed by atoms with Crippen molar-refractivity contribution in [2.24, 2.45) is 0 Å². The number of benzene rings is 3. The topological polar surface area (TPSA) is 101 Å². The number of nitrogens with one attached hydrogen (secondary N) is 3. The number of furan rings is 1. The van der Waals surface area contributed by atoms with Crippen LogP contribution >= 0.6 is 0 Å². The quantitative estimate of drug-likeness (QED) is 0.162. The molecule has 0 unspecified atom stereocenters. The molecule has 1 aliphatic rings. The Hall–Kier alpha value is -6.93. The lowest BCUT2D eigenvalue weighted by atomic mass is 10.0. The highest BCUT2D eigenvalue weighted by Crippen LogP contribution is 2.37. The normalized spacial score (nSPS) is 11.7. The van der Waals surface area contributed by atoms with Crippen molar-refractivity contribution in [2.45, 2.75) is 0 Å². The van der Waals surface area contributed by atoms with Crippen LogP contribution in [0.25, 0.3) is 89.8 Å². The van der Waals surface area contributed by atoms with Crippen LogP contribution in [0.3, 0.4) is 0 Å². The van der Waals surface area contributed by atoms with Crippen LogP contribution in [0.1, 0.15) is 11.4 Å². The number of hydrogen-bond donors (Lipinski definition) is 3. The molecule has 3 N–H and O–H groups in total. The zero-order valence-corrected chi connectivity index (χ0v) is 28.8. The smallest absolute Gasteiger partial charge is 0.137 e. The summed E-state index contributed by atoms with van der Waals surface area (Å²) >= 11 is 0. The summed E-state index contributed by atoms with van der Waals surface area (Å²) in [7, 11) is 5.02. The maximum Gasteiger partial charge on any atom is 0.137 e. The van der Waals surface area contributed by atoms with Gasteiger partial charge in [0.05, 0.1) is 60.3 Å². The molecule has 1 aliphatic heterocycles. The predicted octanol–water partition coefficient (Wildman–Crippen LogP) is 11.0. The minimum atomic E-state index is 0.716. The van der Waals surface area contributed by atoms with Crippen LogP contribution in [0.5, 0.6) is 17.2 Å². The highest BCUT2D eigenvalue weighted by atomic mass is 16.5. The first-order valence-electron chi connectivity index (χ1n) is 17.0. The van der Waals surface area contributed by atoms with E-state index in [9.17, 15) is 0 Å². The molecule has 5 aromatic heterocycles. The molecule has 8 nitrogen and oxygen atoms in total. The standard InChI is InChI=1S/C44H34N4O4/c1-49-29-10-4-26(5-11-29)42-36-20-16-32(45-36)34-18-22-38(47-34)43(27-6-12-30(50-2)13-7-27)40-24-25-41(52-40)44(28-8-14-31(51-3)15-9-28)39-23-19-35(48-39)33-17-21-37(42)46-33/h4-25,45,47-48H,1-3H3. The highest BCUT2D eigenvalue weighted by molar-refractivity contribution is 5.99. The Morgan fingerprint density at radius 2 is 0.750 bits per heavy atom. The molecule has 9 rings (SSSR count). The van der Waals surface area contributed by atoms with E-state index in [2.05, 4.69) is 87.8 Å². The van der Waals surface area contributed by atoms with Crippen molar-refractivity contribution in [1.82, 2.24) is 19.9 Å². The van der Waals surface area contributed by atoms with Gasteiger partial charge in [-0.1, -0.05) is 36.4 Å². The highest BCUT2D eigenvalue weighted by Gasteiger charge is 2.15. The van der Waals surface area contributed by atoms with E-state index in [0.717, 1.165) is 101 Å². The number of aromatic amines is 3. The van der Waals surface area contributed by atoms with E-state index in [1.165, 1.54) is 0 Å². The summed E-state index contributed by atoms with van der Waals surface area (Å²) < 4.78 is 23.3. The maximum absolute atomic E-state index is 6.83. The first-order valence-corrected chi connectivity index (χ1v) is 17.0. The molecule has 0 atom stereocenters. The number of aromatic nitrogens is 4. The second kappa shape index (κ2) is 12.8. The zero-order chi connectivity index (χ0) is 35.2. The first kappa shape index (κ1) is 31.1. The van der Waals surface area contributed by atoms with Crippen molar-refractivity contribution in [2.75, 3.05) is 21.3 Å². The lowest BCUT2D eigenvalue weighted by Gasteiger charge is -2.06. The van der Waals surface area contributed by atoms with E-state index < -0.39 is 0 Å². The van der Waals surface area contributed by atoms with Gasteiger partial charge in [0.2, 0.25) is 0 Å². The fraction of sp³-hybridized carbons (Fsp3) is 0.0682. The minimum absolute atomic E-state index is 0.716. The summed E-state index contributed by atoms with van der Waals surface area (Å²) in [6, 6.07) is 40.7. The van der Waals surface area contributed by atoms with Crippen molar-refractivity contribution in [1.29, 1.82) is 0 Å². The van der Waals surface area contributed by atoms with Crippen LogP contribution in [0.2, 0.25) is 0 Å². The molecule has 52 heavy (non-hydrogen) atoms. The largest absolute Gasteiger partial charge is 0.497 e. The Bertz CT molecular complexity index is 2780. The van der Waals surface area contributed by atoms with Gasteiger partial charge in [0.1, 0.15) is 28.4 Å². The Morgan fingerprint density at radius 1 is 0.385 bits per heavy atom. The first-order chi connectivity index (χ1) is 25.6. The zero-order valence-electron chi connectivity index (χ0n) is 28.8. The minimum Gasteiger partial charge on any atom is -0.497 e. The Morgan fingerprint density at radius 3 is 1.21 bits per heavy atom. The Balaban J connectivity index is 1.41. The van der Waals surface area contributed by atoms with E-state index >= 15 is 0 Å². The van der Waals surface area contributed by atoms with Gasteiger partial charge in [-0.05, 0) is 114 Å². The third-order valence-electron chi connectivity index (χ3n) is 9.56. The molecule has 0 fully saturated rings. The monoisotopic (exact) mass is 682 g/mol. The summed E-state index contributed by atoms with van der Waals surface area (Å²) in [5, 5.41) is 0. The van der Waals surface area contributed by atoms with Crippen LogP contribution in [-0.2, 0) is 0 Å². The van der Waals surface area contributed by atoms with Crippen molar-refractivity contribution >= 4 is 56.4 Å². The molecule has 3 aromatic carbocycles. The molecule has 254 valence electrons. The molecular weight excluding hydrogens is 649 g/mol. The summed E-state index contributed by atoms with van der Waals surface area (Å²) in [5.74, 6) is 2.35. The van der Waals surface area contributed by atoms with Gasteiger partial charge in [0.15, 0.2) is 0 Å².